The van der Waals surface area contributed by atoms with Crippen LogP contribution in [0, 0.1) is 12.7 Å². The number of ether oxygens (including phenoxy) is 1. The highest BCUT2D eigenvalue weighted by Gasteiger charge is 2.19. The maximum Gasteiger partial charge on any atom is 0.338 e. The molecule has 0 aromatic heterocycles. The van der Waals surface area contributed by atoms with Crippen molar-refractivity contribution in [3.8, 4) is 0 Å². The van der Waals surface area contributed by atoms with Crippen molar-refractivity contribution in [1.82, 2.24) is 0 Å². The van der Waals surface area contributed by atoms with E-state index in [9.17, 15) is 18.0 Å². The Hall–Kier alpha value is -1.92. The van der Waals surface area contributed by atoms with Crippen LogP contribution in [0.5, 0.6) is 0 Å². The third-order valence-corrected chi connectivity index (χ3v) is 2.43. The summed E-state index contributed by atoms with van der Waals surface area (Å²) in [5.74, 6) is -1.61. The van der Waals surface area contributed by atoms with Crippen LogP contribution in [0.3, 0.4) is 0 Å². The predicted octanol–water partition coefficient (Wildman–Crippen LogP) is 2.18. The van der Waals surface area contributed by atoms with Crippen molar-refractivity contribution in [1.29, 1.82) is 0 Å². The smallest absolute Gasteiger partial charge is 0.338 e. The number of alkyl halides is 2. The first-order valence-corrected chi connectivity index (χ1v) is 5.07. The summed E-state index contributed by atoms with van der Waals surface area (Å²) in [7, 11) is 1.15. The third kappa shape index (κ3) is 2.85. The number of nitrogen functional groups attached to an aromatic ring is 1. The van der Waals surface area contributed by atoms with Gasteiger partial charge in [0, 0.05) is 0 Å². The second-order valence-corrected chi connectivity index (χ2v) is 3.58. The summed E-state index contributed by atoms with van der Waals surface area (Å²) in [5, 5.41) is 2.20. The van der Waals surface area contributed by atoms with Gasteiger partial charge in [0.15, 0.2) is 0 Å². The van der Waals surface area contributed by atoms with E-state index >= 15 is 0 Å². The lowest BCUT2D eigenvalue weighted by atomic mass is 10.0. The van der Waals surface area contributed by atoms with Gasteiger partial charge in [-0.25, -0.2) is 18.0 Å². The molecule has 0 atom stereocenters. The van der Waals surface area contributed by atoms with Crippen LogP contribution in [-0.2, 0) is 4.74 Å². The minimum absolute atomic E-state index is 0.0323. The molecule has 1 rings (SSSR count). The molecule has 0 amide bonds. The summed E-state index contributed by atoms with van der Waals surface area (Å²) in [5.41, 5.74) is 5.53. The number of halogens is 3. The molecule has 0 spiro atoms. The Labute approximate surface area is 102 Å². The van der Waals surface area contributed by atoms with Gasteiger partial charge < -0.3 is 15.8 Å². The average Bonchev–Trinajstić information content (AvgIpc) is 2.32. The van der Waals surface area contributed by atoms with E-state index in [2.05, 4.69) is 10.1 Å². The molecule has 0 aliphatic rings. The first-order valence-electron chi connectivity index (χ1n) is 5.07. The fraction of sp³-hybridized carbons (Fsp3) is 0.364. The molecule has 0 heterocycles. The SMILES string of the molecule is COC(=O)c1cc(F)c(NCC(F)F)c(N)c1C. The number of nitrogens with one attached hydrogen (secondary N) is 1. The number of esters is 1. The quantitative estimate of drug-likeness (QED) is 0.644. The molecule has 4 nitrogen and oxygen atoms in total. The fourth-order valence-electron chi connectivity index (χ4n) is 1.45. The number of hydrogen-bond acceptors (Lipinski definition) is 4. The van der Waals surface area contributed by atoms with E-state index in [4.69, 9.17) is 5.73 Å². The monoisotopic (exact) mass is 262 g/mol. The van der Waals surface area contributed by atoms with Crippen LogP contribution in [0.1, 0.15) is 15.9 Å². The van der Waals surface area contributed by atoms with E-state index in [1.807, 2.05) is 0 Å². The van der Waals surface area contributed by atoms with Gasteiger partial charge >= 0.3 is 5.97 Å². The molecule has 0 aliphatic carbocycles. The maximum absolute atomic E-state index is 13.6. The van der Waals surface area contributed by atoms with Gasteiger partial charge in [-0.05, 0) is 18.6 Å². The van der Waals surface area contributed by atoms with Gasteiger partial charge in [-0.15, -0.1) is 0 Å². The van der Waals surface area contributed by atoms with Gasteiger partial charge in [-0.1, -0.05) is 0 Å². The predicted molar refractivity (Wildman–Crippen MR) is 61.4 cm³/mol. The Bertz CT molecular complexity index is 464. The summed E-state index contributed by atoms with van der Waals surface area (Å²) in [4.78, 5) is 11.3. The highest BCUT2D eigenvalue weighted by atomic mass is 19.3. The molecule has 0 fully saturated rings. The van der Waals surface area contributed by atoms with Crippen LogP contribution in [0.15, 0.2) is 6.07 Å². The zero-order valence-electron chi connectivity index (χ0n) is 9.89. The van der Waals surface area contributed by atoms with Crippen LogP contribution in [0.25, 0.3) is 0 Å². The molecule has 1 aromatic carbocycles. The van der Waals surface area contributed by atoms with Crippen LogP contribution >= 0.6 is 0 Å². The average molecular weight is 262 g/mol. The molecule has 0 bridgehead atoms. The molecule has 0 aliphatic heterocycles. The lowest BCUT2D eigenvalue weighted by molar-refractivity contribution is 0.0599. The number of nitrogens with two attached hydrogens (primary N) is 1. The number of hydrogen-bond donors (Lipinski definition) is 2. The molecule has 1 aromatic rings. The summed E-state index contributed by atoms with van der Waals surface area (Å²) in [6, 6.07) is 0.908. The summed E-state index contributed by atoms with van der Waals surface area (Å²) < 4.78 is 42.2. The zero-order valence-corrected chi connectivity index (χ0v) is 9.89. The highest BCUT2D eigenvalue weighted by Crippen LogP contribution is 2.29. The number of carbonyl (C=O) groups excluding carboxylic acids is 1. The van der Waals surface area contributed by atoms with Gasteiger partial charge in [0.05, 0.1) is 30.6 Å². The second-order valence-electron chi connectivity index (χ2n) is 3.58. The van der Waals surface area contributed by atoms with Gasteiger partial charge in [0.1, 0.15) is 5.82 Å². The molecule has 0 radical (unpaired) electrons. The summed E-state index contributed by atoms with van der Waals surface area (Å²) in [6.45, 7) is 0.757. The third-order valence-electron chi connectivity index (χ3n) is 2.43. The molecule has 0 unspecified atom stereocenters. The van der Waals surface area contributed by atoms with Crippen LogP contribution in [-0.4, -0.2) is 26.0 Å². The van der Waals surface area contributed by atoms with E-state index in [-0.39, 0.29) is 22.5 Å². The lowest BCUT2D eigenvalue weighted by Crippen LogP contribution is -2.15. The minimum Gasteiger partial charge on any atom is -0.465 e. The van der Waals surface area contributed by atoms with Gasteiger partial charge in [0.25, 0.3) is 6.43 Å². The van der Waals surface area contributed by atoms with Gasteiger partial charge in [-0.2, -0.15) is 0 Å². The summed E-state index contributed by atoms with van der Waals surface area (Å²) >= 11 is 0. The number of anilines is 2. The van der Waals surface area contributed by atoms with E-state index in [0.717, 1.165) is 13.2 Å². The first kappa shape index (κ1) is 14.1. The van der Waals surface area contributed by atoms with Gasteiger partial charge in [0.2, 0.25) is 0 Å². The second kappa shape index (κ2) is 5.61. The molecule has 0 saturated heterocycles. The lowest BCUT2D eigenvalue weighted by Gasteiger charge is -2.14. The molecule has 7 heteroatoms. The molecule has 3 N–H and O–H groups in total. The fourth-order valence-corrected chi connectivity index (χ4v) is 1.45. The number of benzene rings is 1. The zero-order chi connectivity index (χ0) is 13.9. The largest absolute Gasteiger partial charge is 0.465 e. The van der Waals surface area contributed by atoms with Crippen molar-refractivity contribution >= 4 is 17.3 Å². The normalized spacial score (nSPS) is 10.6. The Balaban J connectivity index is 3.16. The van der Waals surface area contributed by atoms with Gasteiger partial charge in [-0.3, -0.25) is 0 Å². The first-order chi connectivity index (χ1) is 8.38. The van der Waals surface area contributed by atoms with E-state index in [1.165, 1.54) is 6.92 Å². The maximum atomic E-state index is 13.6. The van der Waals surface area contributed by atoms with E-state index in [0.29, 0.717) is 0 Å². The van der Waals surface area contributed by atoms with Crippen LogP contribution < -0.4 is 11.1 Å². The Morgan fingerprint density at radius 1 is 1.56 bits per heavy atom. The van der Waals surface area contributed by atoms with E-state index in [1.54, 1.807) is 0 Å². The molecular weight excluding hydrogens is 249 g/mol. The Morgan fingerprint density at radius 2 is 2.17 bits per heavy atom. The molecule has 18 heavy (non-hydrogen) atoms. The number of carbonyl (C=O) groups is 1. The Kier molecular flexibility index (Phi) is 4.41. The van der Waals surface area contributed by atoms with Crippen LogP contribution in [0.4, 0.5) is 24.5 Å². The van der Waals surface area contributed by atoms with Crippen molar-refractivity contribution in [3.05, 3.63) is 23.0 Å². The molecule has 0 saturated carbocycles. The molecule has 100 valence electrons. The standard InChI is InChI=1S/C11H13F3N2O2/c1-5-6(11(17)18-2)3-7(12)10(9(5)15)16-4-8(13)14/h3,8,16H,4,15H2,1-2H3. The topological polar surface area (TPSA) is 64.3 Å². The number of rotatable bonds is 4. The van der Waals surface area contributed by atoms with Crippen LogP contribution in [0.2, 0.25) is 0 Å². The molecular formula is C11H13F3N2O2. The minimum atomic E-state index is -2.63. The van der Waals surface area contributed by atoms with Crippen molar-refractivity contribution in [2.45, 2.75) is 13.3 Å². The van der Waals surface area contributed by atoms with Crippen molar-refractivity contribution in [3.63, 3.8) is 0 Å². The highest BCUT2D eigenvalue weighted by molar-refractivity contribution is 5.94. The van der Waals surface area contributed by atoms with Crippen molar-refractivity contribution < 1.29 is 22.7 Å². The summed E-state index contributed by atoms with van der Waals surface area (Å²) in [6.07, 6.45) is -2.63. The van der Waals surface area contributed by atoms with Crippen molar-refractivity contribution in [2.24, 2.45) is 0 Å². The Morgan fingerprint density at radius 3 is 2.67 bits per heavy atom. The van der Waals surface area contributed by atoms with E-state index < -0.39 is 24.8 Å². The van der Waals surface area contributed by atoms with Crippen molar-refractivity contribution in [2.75, 3.05) is 24.7 Å². The number of methoxy groups -OCH3 is 1.